The van der Waals surface area contributed by atoms with Crippen LogP contribution < -0.4 is 5.73 Å². The third-order valence-corrected chi connectivity index (χ3v) is 2.35. The van der Waals surface area contributed by atoms with Gasteiger partial charge in [0, 0.05) is 5.92 Å². The molecule has 2 unspecified atom stereocenters. The van der Waals surface area contributed by atoms with Crippen molar-refractivity contribution in [3.63, 3.8) is 0 Å². The number of hydrogen-bond donors (Lipinski definition) is 1. The SMILES string of the molecule is CC(CC(C)C(C)C)C(N)=O. The van der Waals surface area contributed by atoms with E-state index in [1.165, 1.54) is 0 Å². The van der Waals surface area contributed by atoms with E-state index < -0.39 is 0 Å². The van der Waals surface area contributed by atoms with Gasteiger partial charge < -0.3 is 5.73 Å². The Morgan fingerprint density at radius 2 is 1.73 bits per heavy atom. The van der Waals surface area contributed by atoms with E-state index in [4.69, 9.17) is 5.73 Å². The van der Waals surface area contributed by atoms with Crippen LogP contribution in [0.5, 0.6) is 0 Å². The summed E-state index contributed by atoms with van der Waals surface area (Å²) >= 11 is 0. The molecule has 0 aliphatic heterocycles. The second-order valence-corrected chi connectivity index (χ2v) is 3.76. The molecule has 0 heterocycles. The molecule has 1 amide bonds. The molecule has 0 aromatic rings. The molecule has 0 saturated heterocycles. The van der Waals surface area contributed by atoms with Crippen molar-refractivity contribution < 1.29 is 4.79 Å². The highest BCUT2D eigenvalue weighted by atomic mass is 16.1. The first-order valence-electron chi connectivity index (χ1n) is 4.24. The van der Waals surface area contributed by atoms with Gasteiger partial charge in [-0.05, 0) is 18.3 Å². The molecule has 2 N–H and O–H groups in total. The van der Waals surface area contributed by atoms with Crippen LogP contribution in [0, 0.1) is 17.8 Å². The Bertz CT molecular complexity index is 132. The molecule has 0 rings (SSSR count). The molecule has 2 heteroatoms. The third-order valence-electron chi connectivity index (χ3n) is 2.35. The van der Waals surface area contributed by atoms with Crippen LogP contribution in [0.4, 0.5) is 0 Å². The van der Waals surface area contributed by atoms with Crippen molar-refractivity contribution in [2.45, 2.75) is 34.1 Å². The molecule has 0 aromatic carbocycles. The van der Waals surface area contributed by atoms with Crippen LogP contribution in [0.25, 0.3) is 0 Å². The maximum atomic E-state index is 10.7. The number of rotatable bonds is 4. The number of amides is 1. The standard InChI is InChI=1S/C9H19NO/c1-6(2)7(3)5-8(4)9(10)11/h6-8H,5H2,1-4H3,(H2,10,11). The van der Waals surface area contributed by atoms with E-state index in [9.17, 15) is 4.79 Å². The van der Waals surface area contributed by atoms with E-state index in [0.717, 1.165) is 6.42 Å². The summed E-state index contributed by atoms with van der Waals surface area (Å²) in [7, 11) is 0. The Hall–Kier alpha value is -0.530. The molecule has 2 atom stereocenters. The summed E-state index contributed by atoms with van der Waals surface area (Å²) in [5.74, 6) is 1.05. The van der Waals surface area contributed by atoms with E-state index >= 15 is 0 Å². The number of nitrogens with two attached hydrogens (primary N) is 1. The Morgan fingerprint density at radius 3 is 2.00 bits per heavy atom. The smallest absolute Gasteiger partial charge is 0.220 e. The second kappa shape index (κ2) is 4.37. The Kier molecular flexibility index (Phi) is 4.16. The molecular formula is C9H19NO. The summed E-state index contributed by atoms with van der Waals surface area (Å²) in [5, 5.41) is 0. The van der Waals surface area contributed by atoms with Crippen LogP contribution in [0.3, 0.4) is 0 Å². The average Bonchev–Trinajstić information content (AvgIpc) is 1.87. The first-order chi connectivity index (χ1) is 4.95. The summed E-state index contributed by atoms with van der Waals surface area (Å²) in [6.07, 6.45) is 0.910. The number of hydrogen-bond acceptors (Lipinski definition) is 1. The fraction of sp³-hybridized carbons (Fsp3) is 0.889. The Labute approximate surface area is 69.2 Å². The molecule has 11 heavy (non-hydrogen) atoms. The van der Waals surface area contributed by atoms with E-state index in [2.05, 4.69) is 20.8 Å². The van der Waals surface area contributed by atoms with Gasteiger partial charge in [0.2, 0.25) is 5.91 Å². The molecule has 0 radical (unpaired) electrons. The van der Waals surface area contributed by atoms with Crippen molar-refractivity contribution in [2.24, 2.45) is 23.5 Å². The Balaban J connectivity index is 3.75. The molecule has 0 aliphatic carbocycles. The number of primary amides is 1. The monoisotopic (exact) mass is 157 g/mol. The zero-order valence-corrected chi connectivity index (χ0v) is 7.92. The Morgan fingerprint density at radius 1 is 1.27 bits per heavy atom. The maximum absolute atomic E-state index is 10.7. The molecule has 0 aliphatic rings. The van der Waals surface area contributed by atoms with Crippen molar-refractivity contribution in [1.29, 1.82) is 0 Å². The van der Waals surface area contributed by atoms with Crippen molar-refractivity contribution in [2.75, 3.05) is 0 Å². The zero-order chi connectivity index (χ0) is 9.02. The highest BCUT2D eigenvalue weighted by Gasteiger charge is 2.15. The van der Waals surface area contributed by atoms with Crippen LogP contribution >= 0.6 is 0 Å². The summed E-state index contributed by atoms with van der Waals surface area (Å²) in [6, 6.07) is 0. The van der Waals surface area contributed by atoms with Gasteiger partial charge in [-0.3, -0.25) is 4.79 Å². The fourth-order valence-electron chi connectivity index (χ4n) is 0.946. The van der Waals surface area contributed by atoms with Gasteiger partial charge in [-0.1, -0.05) is 27.7 Å². The second-order valence-electron chi connectivity index (χ2n) is 3.76. The van der Waals surface area contributed by atoms with Crippen molar-refractivity contribution in [1.82, 2.24) is 0 Å². The van der Waals surface area contributed by atoms with Crippen molar-refractivity contribution in [3.8, 4) is 0 Å². The predicted octanol–water partition coefficient (Wildman–Crippen LogP) is 1.79. The van der Waals surface area contributed by atoms with E-state index in [1.54, 1.807) is 0 Å². The first-order valence-corrected chi connectivity index (χ1v) is 4.24. The predicted molar refractivity (Wildman–Crippen MR) is 47.0 cm³/mol. The topological polar surface area (TPSA) is 43.1 Å². The minimum atomic E-state index is -0.183. The normalized spacial score (nSPS) is 16.5. The van der Waals surface area contributed by atoms with Gasteiger partial charge in [-0.15, -0.1) is 0 Å². The van der Waals surface area contributed by atoms with Gasteiger partial charge in [0.25, 0.3) is 0 Å². The lowest BCUT2D eigenvalue weighted by Gasteiger charge is -2.17. The minimum Gasteiger partial charge on any atom is -0.369 e. The largest absolute Gasteiger partial charge is 0.369 e. The summed E-state index contributed by atoms with van der Waals surface area (Å²) < 4.78 is 0. The van der Waals surface area contributed by atoms with Crippen LogP contribution in [-0.4, -0.2) is 5.91 Å². The van der Waals surface area contributed by atoms with Gasteiger partial charge in [0.15, 0.2) is 0 Å². The third kappa shape index (κ3) is 4.02. The van der Waals surface area contributed by atoms with Crippen molar-refractivity contribution in [3.05, 3.63) is 0 Å². The van der Waals surface area contributed by atoms with Crippen molar-refractivity contribution >= 4 is 5.91 Å². The van der Waals surface area contributed by atoms with Gasteiger partial charge in [0.1, 0.15) is 0 Å². The quantitative estimate of drug-likeness (QED) is 0.664. The van der Waals surface area contributed by atoms with E-state index in [1.807, 2.05) is 6.92 Å². The van der Waals surface area contributed by atoms with Crippen LogP contribution in [0.15, 0.2) is 0 Å². The highest BCUT2D eigenvalue weighted by molar-refractivity contribution is 5.76. The summed E-state index contributed by atoms with van der Waals surface area (Å²) in [4.78, 5) is 10.7. The lowest BCUT2D eigenvalue weighted by Crippen LogP contribution is -2.23. The zero-order valence-electron chi connectivity index (χ0n) is 7.92. The lowest BCUT2D eigenvalue weighted by atomic mass is 9.88. The molecular weight excluding hydrogens is 138 g/mol. The molecule has 0 fully saturated rings. The van der Waals surface area contributed by atoms with E-state index in [-0.39, 0.29) is 11.8 Å². The van der Waals surface area contributed by atoms with Gasteiger partial charge in [0.05, 0.1) is 0 Å². The molecule has 0 saturated carbocycles. The molecule has 66 valence electrons. The van der Waals surface area contributed by atoms with Gasteiger partial charge in [-0.25, -0.2) is 0 Å². The lowest BCUT2D eigenvalue weighted by molar-refractivity contribution is -0.121. The average molecular weight is 157 g/mol. The van der Waals surface area contributed by atoms with E-state index in [0.29, 0.717) is 11.8 Å². The maximum Gasteiger partial charge on any atom is 0.220 e. The van der Waals surface area contributed by atoms with Crippen LogP contribution in [0.2, 0.25) is 0 Å². The molecule has 0 aromatic heterocycles. The van der Waals surface area contributed by atoms with Gasteiger partial charge >= 0.3 is 0 Å². The summed E-state index contributed by atoms with van der Waals surface area (Å²) in [6.45, 7) is 8.38. The summed E-state index contributed by atoms with van der Waals surface area (Å²) in [5.41, 5.74) is 5.15. The van der Waals surface area contributed by atoms with Crippen LogP contribution in [-0.2, 0) is 4.79 Å². The van der Waals surface area contributed by atoms with Gasteiger partial charge in [-0.2, -0.15) is 0 Å². The molecule has 0 spiro atoms. The number of carbonyl (C=O) groups excluding carboxylic acids is 1. The molecule has 0 bridgehead atoms. The minimum absolute atomic E-state index is 0.0207. The van der Waals surface area contributed by atoms with Crippen LogP contribution in [0.1, 0.15) is 34.1 Å². The highest BCUT2D eigenvalue weighted by Crippen LogP contribution is 2.18. The fourth-order valence-corrected chi connectivity index (χ4v) is 0.946. The molecule has 2 nitrogen and oxygen atoms in total. The number of carbonyl (C=O) groups is 1. The first kappa shape index (κ1) is 10.5.